The number of nitrogens with two attached hydrogens (primary N) is 2. The van der Waals surface area contributed by atoms with Gasteiger partial charge in [-0.05, 0) is 11.5 Å². The Morgan fingerprint density at radius 2 is 2.41 bits per heavy atom. The molecule has 0 aliphatic carbocycles. The molecule has 2 heterocycles. The summed E-state index contributed by atoms with van der Waals surface area (Å²) in [5.74, 6) is 0.140. The number of nitrogen functional groups attached to an aromatic ring is 1. The largest absolute Gasteiger partial charge is 0.382 e. The quantitative estimate of drug-likeness (QED) is 0.678. The Morgan fingerprint density at radius 3 is 3.00 bits per heavy atom. The van der Waals surface area contributed by atoms with Crippen LogP contribution in [0.25, 0.3) is 0 Å². The number of amides is 1. The zero-order valence-electron chi connectivity index (χ0n) is 9.04. The maximum absolute atomic E-state index is 11.2. The first-order valence-corrected chi connectivity index (χ1v) is 5.48. The van der Waals surface area contributed by atoms with Gasteiger partial charge in [0.2, 0.25) is 0 Å². The van der Waals surface area contributed by atoms with Crippen molar-refractivity contribution in [3.05, 3.63) is 17.7 Å². The average Bonchev–Trinajstić information content (AvgIpc) is 2.82. The Hall–Kier alpha value is -2.16. The van der Waals surface area contributed by atoms with Gasteiger partial charge in [0, 0.05) is 7.05 Å². The second kappa shape index (κ2) is 4.37. The second-order valence-corrected chi connectivity index (χ2v) is 4.10. The number of aryl methyl sites for hydroxylation is 1. The Kier molecular flexibility index (Phi) is 2.91. The van der Waals surface area contributed by atoms with E-state index in [9.17, 15) is 4.79 Å². The van der Waals surface area contributed by atoms with Crippen molar-refractivity contribution in [3.8, 4) is 0 Å². The molecule has 5 N–H and O–H groups in total. The zero-order chi connectivity index (χ0) is 12.4. The van der Waals surface area contributed by atoms with Crippen LogP contribution in [-0.2, 0) is 13.6 Å². The minimum Gasteiger partial charge on any atom is -0.382 e. The summed E-state index contributed by atoms with van der Waals surface area (Å²) in [6.07, 6.45) is 1.59. The van der Waals surface area contributed by atoms with Gasteiger partial charge in [0.25, 0.3) is 5.91 Å². The maximum Gasteiger partial charge on any atom is 0.255 e. The van der Waals surface area contributed by atoms with Crippen LogP contribution in [0.2, 0.25) is 0 Å². The van der Waals surface area contributed by atoms with Gasteiger partial charge in [-0.1, -0.05) is 0 Å². The normalized spacial score (nSPS) is 10.4. The average molecular weight is 253 g/mol. The van der Waals surface area contributed by atoms with E-state index in [2.05, 4.69) is 19.8 Å². The number of hydrogen-bond acceptors (Lipinski definition) is 7. The zero-order valence-corrected chi connectivity index (χ0v) is 9.86. The van der Waals surface area contributed by atoms with Crippen molar-refractivity contribution in [2.24, 2.45) is 12.8 Å². The molecule has 0 aromatic carbocycles. The van der Waals surface area contributed by atoms with Crippen molar-refractivity contribution < 1.29 is 4.79 Å². The topological polar surface area (TPSA) is 125 Å². The highest BCUT2D eigenvalue weighted by Gasteiger charge is 2.16. The van der Waals surface area contributed by atoms with E-state index in [4.69, 9.17) is 11.5 Å². The van der Waals surface area contributed by atoms with Crippen molar-refractivity contribution in [1.29, 1.82) is 0 Å². The highest BCUT2D eigenvalue weighted by atomic mass is 32.1. The number of anilines is 2. The lowest BCUT2D eigenvalue weighted by molar-refractivity contribution is 0.100. The number of carbonyl (C=O) groups excluding carboxylic acids is 1. The van der Waals surface area contributed by atoms with E-state index in [1.165, 1.54) is 0 Å². The van der Waals surface area contributed by atoms with Gasteiger partial charge in [0.1, 0.15) is 16.9 Å². The van der Waals surface area contributed by atoms with Gasteiger partial charge in [0.15, 0.2) is 11.6 Å². The van der Waals surface area contributed by atoms with Crippen LogP contribution >= 0.6 is 11.5 Å². The Balaban J connectivity index is 2.11. The SMILES string of the molecule is Cn1cnc(CNc2snc(N)c2C(N)=O)n1. The molecular weight excluding hydrogens is 242 g/mol. The third-order valence-corrected chi connectivity index (χ3v) is 2.84. The third-order valence-electron chi connectivity index (χ3n) is 2.02. The molecule has 0 radical (unpaired) electrons. The van der Waals surface area contributed by atoms with Gasteiger partial charge in [0.05, 0.1) is 6.54 Å². The number of nitrogens with zero attached hydrogens (tertiary/aromatic N) is 4. The smallest absolute Gasteiger partial charge is 0.255 e. The van der Waals surface area contributed by atoms with Crippen molar-refractivity contribution in [3.63, 3.8) is 0 Å². The van der Waals surface area contributed by atoms with Crippen LogP contribution in [0.3, 0.4) is 0 Å². The molecule has 9 heteroatoms. The van der Waals surface area contributed by atoms with Gasteiger partial charge < -0.3 is 16.8 Å². The molecule has 2 aromatic rings. The third kappa shape index (κ3) is 2.33. The lowest BCUT2D eigenvalue weighted by atomic mass is 10.3. The second-order valence-electron chi connectivity index (χ2n) is 3.32. The summed E-state index contributed by atoms with van der Waals surface area (Å²) >= 11 is 1.08. The van der Waals surface area contributed by atoms with Gasteiger partial charge in [-0.25, -0.2) is 4.98 Å². The molecule has 2 rings (SSSR count). The molecule has 0 saturated carbocycles. The fourth-order valence-corrected chi connectivity index (χ4v) is 2.00. The molecule has 90 valence electrons. The first-order valence-electron chi connectivity index (χ1n) is 4.71. The standard InChI is InChI=1S/C8H11N7OS/c1-15-3-12-4(13-15)2-11-8-5(7(10)16)6(9)14-17-8/h3,11H,2H2,1H3,(H2,9,14)(H2,10,16). The van der Waals surface area contributed by atoms with E-state index in [0.29, 0.717) is 17.4 Å². The van der Waals surface area contributed by atoms with E-state index in [1.54, 1.807) is 18.1 Å². The lowest BCUT2D eigenvalue weighted by Crippen LogP contribution is -2.14. The van der Waals surface area contributed by atoms with Crippen LogP contribution in [0, 0.1) is 0 Å². The monoisotopic (exact) mass is 253 g/mol. The molecule has 8 nitrogen and oxygen atoms in total. The molecule has 17 heavy (non-hydrogen) atoms. The highest BCUT2D eigenvalue weighted by Crippen LogP contribution is 2.26. The summed E-state index contributed by atoms with van der Waals surface area (Å²) in [5.41, 5.74) is 11.0. The molecule has 2 aromatic heterocycles. The van der Waals surface area contributed by atoms with Crippen LogP contribution in [0.4, 0.5) is 10.8 Å². The maximum atomic E-state index is 11.2. The van der Waals surface area contributed by atoms with Crippen molar-refractivity contribution in [2.45, 2.75) is 6.54 Å². The summed E-state index contributed by atoms with van der Waals surface area (Å²) in [6, 6.07) is 0. The molecule has 0 spiro atoms. The lowest BCUT2D eigenvalue weighted by Gasteiger charge is -2.01. The molecule has 0 bridgehead atoms. The molecule has 1 amide bonds. The predicted molar refractivity (Wildman–Crippen MR) is 63.4 cm³/mol. The Bertz CT molecular complexity index is 546. The number of primary amides is 1. The van der Waals surface area contributed by atoms with E-state index in [-0.39, 0.29) is 11.4 Å². The number of aromatic nitrogens is 4. The Labute approximate surface area is 101 Å². The molecule has 0 aliphatic rings. The van der Waals surface area contributed by atoms with E-state index < -0.39 is 5.91 Å². The summed E-state index contributed by atoms with van der Waals surface area (Å²) < 4.78 is 5.46. The van der Waals surface area contributed by atoms with E-state index >= 15 is 0 Å². The first-order chi connectivity index (χ1) is 8.08. The minimum absolute atomic E-state index is 0.138. The number of hydrogen-bond donors (Lipinski definition) is 3. The van der Waals surface area contributed by atoms with Gasteiger partial charge in [-0.3, -0.25) is 9.48 Å². The predicted octanol–water partition coefficient (Wildman–Crippen LogP) is -0.435. The first kappa shape index (κ1) is 11.3. The summed E-state index contributed by atoms with van der Waals surface area (Å²) in [4.78, 5) is 15.2. The van der Waals surface area contributed by atoms with E-state index in [1.807, 2.05) is 0 Å². The molecule has 0 atom stereocenters. The van der Waals surface area contributed by atoms with Gasteiger partial charge in [-0.2, -0.15) is 9.47 Å². The fourth-order valence-electron chi connectivity index (χ4n) is 1.29. The van der Waals surface area contributed by atoms with Crippen LogP contribution in [-0.4, -0.2) is 25.0 Å². The summed E-state index contributed by atoms with van der Waals surface area (Å²) in [5, 5.41) is 7.60. The Morgan fingerprint density at radius 1 is 1.65 bits per heavy atom. The number of rotatable bonds is 4. The molecule has 0 aliphatic heterocycles. The summed E-state index contributed by atoms with van der Waals surface area (Å²) in [7, 11) is 1.77. The van der Waals surface area contributed by atoms with Crippen LogP contribution in [0.5, 0.6) is 0 Å². The van der Waals surface area contributed by atoms with Crippen LogP contribution < -0.4 is 16.8 Å². The molecular formula is C8H11N7OS. The van der Waals surface area contributed by atoms with Crippen LogP contribution in [0.1, 0.15) is 16.2 Å². The molecule has 0 saturated heterocycles. The number of carbonyl (C=O) groups is 1. The summed E-state index contributed by atoms with van der Waals surface area (Å²) in [6.45, 7) is 0.378. The molecule has 0 unspecified atom stereocenters. The molecule has 0 fully saturated rings. The van der Waals surface area contributed by atoms with E-state index in [0.717, 1.165) is 11.5 Å². The van der Waals surface area contributed by atoms with Gasteiger partial charge >= 0.3 is 0 Å². The number of nitrogens with one attached hydrogen (secondary N) is 1. The van der Waals surface area contributed by atoms with Gasteiger partial charge in [-0.15, -0.1) is 0 Å². The van der Waals surface area contributed by atoms with Crippen molar-refractivity contribution in [2.75, 3.05) is 11.1 Å². The highest BCUT2D eigenvalue weighted by molar-refractivity contribution is 7.11. The minimum atomic E-state index is -0.604. The fraction of sp³-hybridized carbons (Fsp3) is 0.250. The van der Waals surface area contributed by atoms with Crippen molar-refractivity contribution in [1.82, 2.24) is 19.1 Å². The van der Waals surface area contributed by atoms with Crippen molar-refractivity contribution >= 4 is 28.3 Å². The van der Waals surface area contributed by atoms with Crippen LogP contribution in [0.15, 0.2) is 6.33 Å².